The van der Waals surface area contributed by atoms with Crippen molar-refractivity contribution in [1.82, 2.24) is 15.4 Å². The first-order chi connectivity index (χ1) is 15.0. The number of nitrogens with zero attached hydrogens (tertiary/aromatic N) is 1. The first kappa shape index (κ1) is 21.3. The zero-order valence-electron chi connectivity index (χ0n) is 18.4. The number of benzene rings is 1. The summed E-state index contributed by atoms with van der Waals surface area (Å²) in [5, 5.41) is 2.91. The molecule has 1 amide bonds. The average molecular weight is 423 g/mol. The minimum Gasteiger partial charge on any atom is -0.367 e. The number of carbonyl (C=O) groups is 2. The number of aromatic nitrogens is 1. The molecule has 1 aromatic carbocycles. The summed E-state index contributed by atoms with van der Waals surface area (Å²) in [5.74, 6) is -0.635. The SMILES string of the molecule is CNOC(=O)c1ccc2c(c1)/C(=C/c1[nH]c3c(c1CCCN(C)C)CCCC3)C(=O)N2. The van der Waals surface area contributed by atoms with Gasteiger partial charge < -0.3 is 20.0 Å². The van der Waals surface area contributed by atoms with Crippen molar-refractivity contribution in [1.29, 1.82) is 0 Å². The Kier molecular flexibility index (Phi) is 6.25. The van der Waals surface area contributed by atoms with Gasteiger partial charge >= 0.3 is 5.97 Å². The lowest BCUT2D eigenvalue weighted by molar-refractivity contribution is -0.110. The molecule has 0 saturated heterocycles. The summed E-state index contributed by atoms with van der Waals surface area (Å²) in [4.78, 5) is 35.6. The number of hydrogen-bond acceptors (Lipinski definition) is 5. The fourth-order valence-electron chi connectivity index (χ4n) is 4.51. The maximum absolute atomic E-state index is 12.8. The standard InChI is InChI=1S/C24H30N4O3/c1-25-31-24(30)15-10-11-21-18(13-15)19(23(29)27-21)14-22-17(8-6-12-28(2)3)16-7-4-5-9-20(16)26-22/h10-11,13-14,25-26H,4-9,12H2,1-3H3,(H,27,29)/b19-14-. The largest absolute Gasteiger partial charge is 0.367 e. The highest BCUT2D eigenvalue weighted by Crippen LogP contribution is 2.36. The number of anilines is 1. The van der Waals surface area contributed by atoms with E-state index in [1.54, 1.807) is 18.2 Å². The van der Waals surface area contributed by atoms with Crippen molar-refractivity contribution in [2.75, 3.05) is 33.0 Å². The molecule has 1 aromatic heterocycles. The first-order valence-electron chi connectivity index (χ1n) is 10.9. The van der Waals surface area contributed by atoms with Crippen LogP contribution < -0.4 is 10.8 Å². The first-order valence-corrected chi connectivity index (χ1v) is 10.9. The third-order valence-corrected chi connectivity index (χ3v) is 6.00. The fraction of sp³-hybridized carbons (Fsp3) is 0.417. The van der Waals surface area contributed by atoms with Crippen LogP contribution in [0.15, 0.2) is 18.2 Å². The van der Waals surface area contributed by atoms with Crippen molar-refractivity contribution in [3.63, 3.8) is 0 Å². The van der Waals surface area contributed by atoms with Gasteiger partial charge in [0.25, 0.3) is 5.91 Å². The van der Waals surface area contributed by atoms with E-state index in [4.69, 9.17) is 4.84 Å². The molecule has 0 unspecified atom stereocenters. The maximum atomic E-state index is 12.8. The van der Waals surface area contributed by atoms with E-state index in [1.807, 2.05) is 6.08 Å². The minimum atomic E-state index is -0.483. The van der Waals surface area contributed by atoms with Gasteiger partial charge in [0.15, 0.2) is 0 Å². The van der Waals surface area contributed by atoms with E-state index in [0.29, 0.717) is 16.8 Å². The van der Waals surface area contributed by atoms with Gasteiger partial charge in [-0.15, -0.1) is 0 Å². The summed E-state index contributed by atoms with van der Waals surface area (Å²) < 4.78 is 0. The summed E-state index contributed by atoms with van der Waals surface area (Å²) in [6.45, 7) is 1.02. The number of fused-ring (bicyclic) bond motifs is 2. The Morgan fingerprint density at radius 1 is 1.26 bits per heavy atom. The van der Waals surface area contributed by atoms with Gasteiger partial charge in [0.1, 0.15) is 0 Å². The van der Waals surface area contributed by atoms with E-state index in [0.717, 1.165) is 43.5 Å². The average Bonchev–Trinajstić information content (AvgIpc) is 3.25. The van der Waals surface area contributed by atoms with Crippen LogP contribution in [-0.2, 0) is 28.9 Å². The third-order valence-electron chi connectivity index (χ3n) is 6.00. The normalized spacial score (nSPS) is 16.4. The summed E-state index contributed by atoms with van der Waals surface area (Å²) in [7, 11) is 5.71. The van der Waals surface area contributed by atoms with Crippen LogP contribution in [0.3, 0.4) is 0 Å². The molecule has 0 fully saturated rings. The van der Waals surface area contributed by atoms with Crippen LogP contribution in [-0.4, -0.2) is 49.4 Å². The Morgan fingerprint density at radius 2 is 2.06 bits per heavy atom. The lowest BCUT2D eigenvalue weighted by Gasteiger charge is -2.14. The Morgan fingerprint density at radius 3 is 2.84 bits per heavy atom. The molecule has 2 aliphatic rings. The highest BCUT2D eigenvalue weighted by molar-refractivity contribution is 6.35. The number of hydrogen-bond donors (Lipinski definition) is 3. The number of carbonyl (C=O) groups excluding carboxylic acids is 2. The van der Waals surface area contributed by atoms with Gasteiger partial charge in [-0.25, -0.2) is 4.79 Å². The second-order valence-corrected chi connectivity index (χ2v) is 8.45. The van der Waals surface area contributed by atoms with E-state index >= 15 is 0 Å². The molecule has 164 valence electrons. The lowest BCUT2D eigenvalue weighted by atomic mass is 9.92. The van der Waals surface area contributed by atoms with E-state index in [9.17, 15) is 9.59 Å². The van der Waals surface area contributed by atoms with Crippen molar-refractivity contribution < 1.29 is 14.4 Å². The van der Waals surface area contributed by atoms with E-state index < -0.39 is 5.97 Å². The number of aryl methyl sites for hydroxylation is 1. The summed E-state index contributed by atoms with van der Waals surface area (Å²) >= 11 is 0. The van der Waals surface area contributed by atoms with Crippen LogP contribution in [0.4, 0.5) is 5.69 Å². The molecular weight excluding hydrogens is 392 g/mol. The molecule has 0 spiro atoms. The van der Waals surface area contributed by atoms with Gasteiger partial charge in [0, 0.05) is 29.7 Å². The highest BCUT2D eigenvalue weighted by Gasteiger charge is 2.27. The van der Waals surface area contributed by atoms with Gasteiger partial charge in [0.05, 0.1) is 11.1 Å². The molecule has 7 heteroatoms. The lowest BCUT2D eigenvalue weighted by Crippen LogP contribution is -2.15. The van der Waals surface area contributed by atoms with Crippen LogP contribution in [0.5, 0.6) is 0 Å². The number of nitrogens with one attached hydrogen (secondary N) is 3. The van der Waals surface area contributed by atoms with E-state index in [1.165, 1.54) is 36.7 Å². The molecule has 0 bridgehead atoms. The van der Waals surface area contributed by atoms with Crippen molar-refractivity contribution in [3.8, 4) is 0 Å². The number of amides is 1. The van der Waals surface area contributed by atoms with Crippen molar-refractivity contribution in [3.05, 3.63) is 51.8 Å². The van der Waals surface area contributed by atoms with E-state index in [-0.39, 0.29) is 5.91 Å². The molecule has 1 aliphatic carbocycles. The molecular formula is C24H30N4O3. The Hall–Kier alpha value is -2.90. The maximum Gasteiger partial charge on any atom is 0.356 e. The van der Waals surface area contributed by atoms with Crippen molar-refractivity contribution in [2.45, 2.75) is 38.5 Å². The molecule has 7 nitrogen and oxygen atoms in total. The van der Waals surface area contributed by atoms with Crippen LogP contribution in [0.2, 0.25) is 0 Å². The zero-order valence-corrected chi connectivity index (χ0v) is 18.4. The molecule has 31 heavy (non-hydrogen) atoms. The number of rotatable bonds is 7. The molecule has 4 rings (SSSR count). The van der Waals surface area contributed by atoms with Gasteiger partial charge in [-0.2, -0.15) is 5.48 Å². The van der Waals surface area contributed by atoms with Crippen LogP contribution in [0.1, 0.15) is 57.7 Å². The van der Waals surface area contributed by atoms with Crippen molar-refractivity contribution >= 4 is 29.2 Å². The van der Waals surface area contributed by atoms with Crippen LogP contribution in [0, 0.1) is 0 Å². The molecule has 2 heterocycles. The quantitative estimate of drug-likeness (QED) is 0.471. The number of H-pyrrole nitrogens is 1. The Balaban J connectivity index is 1.72. The molecule has 0 atom stereocenters. The smallest absolute Gasteiger partial charge is 0.356 e. The van der Waals surface area contributed by atoms with Crippen LogP contribution >= 0.6 is 0 Å². The fourth-order valence-corrected chi connectivity index (χ4v) is 4.51. The van der Waals surface area contributed by atoms with Crippen molar-refractivity contribution in [2.24, 2.45) is 0 Å². The predicted octanol–water partition coefficient (Wildman–Crippen LogP) is 3.17. The Labute approximate surface area is 182 Å². The topological polar surface area (TPSA) is 86.5 Å². The predicted molar refractivity (Wildman–Crippen MR) is 122 cm³/mol. The monoisotopic (exact) mass is 422 g/mol. The van der Waals surface area contributed by atoms with Gasteiger partial charge in [-0.1, -0.05) is 0 Å². The third kappa shape index (κ3) is 4.43. The van der Waals surface area contributed by atoms with Gasteiger partial charge in [0.2, 0.25) is 0 Å². The molecule has 3 N–H and O–H groups in total. The van der Waals surface area contributed by atoms with E-state index in [2.05, 4.69) is 34.8 Å². The molecule has 1 aliphatic heterocycles. The number of aromatic amines is 1. The van der Waals surface area contributed by atoms with Gasteiger partial charge in [-0.3, -0.25) is 4.79 Å². The highest BCUT2D eigenvalue weighted by atomic mass is 16.7. The second kappa shape index (κ2) is 9.08. The minimum absolute atomic E-state index is 0.152. The number of hydroxylamine groups is 1. The Bertz CT molecular complexity index is 1040. The summed E-state index contributed by atoms with van der Waals surface area (Å²) in [6, 6.07) is 5.12. The second-order valence-electron chi connectivity index (χ2n) is 8.45. The zero-order chi connectivity index (χ0) is 22.0. The molecule has 0 radical (unpaired) electrons. The summed E-state index contributed by atoms with van der Waals surface area (Å²) in [6.07, 6.45) is 8.56. The van der Waals surface area contributed by atoms with Crippen LogP contribution in [0.25, 0.3) is 11.6 Å². The molecule has 2 aromatic rings. The van der Waals surface area contributed by atoms with Gasteiger partial charge in [-0.05, 0) is 94.6 Å². The summed E-state index contributed by atoms with van der Waals surface area (Å²) in [5.41, 5.74) is 9.89. The molecule has 0 saturated carbocycles.